The molecule has 0 fully saturated rings. The third kappa shape index (κ3) is 3.48. The molecule has 0 saturated carbocycles. The van der Waals surface area contributed by atoms with E-state index in [0.29, 0.717) is 29.1 Å². The van der Waals surface area contributed by atoms with Gasteiger partial charge in [-0.25, -0.2) is 4.98 Å². The molecule has 6 rings (SSSR count). The smallest absolute Gasteiger partial charge is 0.395 e. The number of halogens is 2. The van der Waals surface area contributed by atoms with Crippen LogP contribution in [0.1, 0.15) is 34.4 Å². The second-order valence-corrected chi connectivity index (χ2v) is 9.16. The van der Waals surface area contributed by atoms with Gasteiger partial charge in [0.25, 0.3) is 0 Å². The van der Waals surface area contributed by atoms with Crippen LogP contribution >= 0.6 is 11.3 Å². The number of aromatic nitrogens is 2. The number of benzene rings is 2. The number of alkyl halides is 2. The van der Waals surface area contributed by atoms with Gasteiger partial charge in [-0.05, 0) is 53.9 Å². The summed E-state index contributed by atoms with van der Waals surface area (Å²) in [4.78, 5) is 29.6. The van der Waals surface area contributed by atoms with Crippen LogP contribution in [-0.2, 0) is 11.2 Å². The van der Waals surface area contributed by atoms with E-state index in [0.717, 1.165) is 15.8 Å². The summed E-state index contributed by atoms with van der Waals surface area (Å²) in [5.74, 6) is 0.0712. The number of ether oxygens (including phenoxy) is 2. The molecule has 1 unspecified atom stereocenters. The van der Waals surface area contributed by atoms with Crippen LogP contribution in [0.4, 0.5) is 8.78 Å². The van der Waals surface area contributed by atoms with E-state index in [1.807, 2.05) is 18.2 Å². The summed E-state index contributed by atoms with van der Waals surface area (Å²) in [5, 5.41) is 0.697. The molecule has 0 saturated heterocycles. The summed E-state index contributed by atoms with van der Waals surface area (Å²) in [6, 6.07) is 13.4. The summed E-state index contributed by atoms with van der Waals surface area (Å²) in [5.41, 5.74) is 2.86. The highest BCUT2D eigenvalue weighted by Gasteiger charge is 2.43. The Bertz CT molecular complexity index is 1440. The third-order valence-electron chi connectivity index (χ3n) is 5.91. The maximum atomic E-state index is 13.3. The Morgan fingerprint density at radius 3 is 2.79 bits per heavy atom. The molecule has 0 N–H and O–H groups in total. The zero-order valence-corrected chi connectivity index (χ0v) is 17.9. The topological polar surface area (TPSA) is 70.4 Å². The standard InChI is InChI=1S/C24H16F2N2O4S/c25-24(26)31-20-8-4-13(10-21(20)32-24)14-3-5-15-22(11-14)33-23(27-15)12-19(30)17-6-7-18(29)16-2-1-9-28(16)17/h1-5,8-11,17H,6-7,12H2. The van der Waals surface area contributed by atoms with Crippen LogP contribution in [0.15, 0.2) is 54.7 Å². The lowest BCUT2D eigenvalue weighted by Gasteiger charge is -2.24. The van der Waals surface area contributed by atoms with Gasteiger partial charge in [0.1, 0.15) is 5.01 Å². The fourth-order valence-electron chi connectivity index (χ4n) is 4.38. The molecule has 4 aromatic rings. The number of thiazole rings is 1. The quantitative estimate of drug-likeness (QED) is 0.402. The van der Waals surface area contributed by atoms with E-state index in [1.54, 1.807) is 29.0 Å². The Morgan fingerprint density at radius 2 is 1.91 bits per heavy atom. The predicted molar refractivity (Wildman–Crippen MR) is 117 cm³/mol. The monoisotopic (exact) mass is 466 g/mol. The molecule has 166 valence electrons. The lowest BCUT2D eigenvalue weighted by molar-refractivity contribution is -0.286. The van der Waals surface area contributed by atoms with Gasteiger partial charge in [-0.3, -0.25) is 9.59 Å². The number of nitrogens with zero attached hydrogens (tertiary/aromatic N) is 2. The van der Waals surface area contributed by atoms with E-state index < -0.39 is 6.29 Å². The van der Waals surface area contributed by atoms with Crippen LogP contribution in [0.25, 0.3) is 21.3 Å². The molecular formula is C24H16F2N2O4S. The van der Waals surface area contributed by atoms with Gasteiger partial charge in [-0.2, -0.15) is 0 Å². The van der Waals surface area contributed by atoms with E-state index in [9.17, 15) is 18.4 Å². The third-order valence-corrected chi connectivity index (χ3v) is 6.93. The normalized spacial score (nSPS) is 18.5. The van der Waals surface area contributed by atoms with Crippen molar-refractivity contribution in [3.8, 4) is 22.6 Å². The molecule has 4 heterocycles. The highest BCUT2D eigenvalue weighted by atomic mass is 32.1. The maximum Gasteiger partial charge on any atom is 0.586 e. The predicted octanol–water partition coefficient (Wildman–Crippen LogP) is 5.42. The van der Waals surface area contributed by atoms with Crippen LogP contribution in [0.3, 0.4) is 0 Å². The lowest BCUT2D eigenvalue weighted by Crippen LogP contribution is -2.28. The van der Waals surface area contributed by atoms with Crippen LogP contribution < -0.4 is 9.47 Å². The molecule has 2 aromatic heterocycles. The Kier molecular flexibility index (Phi) is 4.38. The summed E-state index contributed by atoms with van der Waals surface area (Å²) in [6.45, 7) is 0. The van der Waals surface area contributed by atoms with Crippen molar-refractivity contribution in [1.29, 1.82) is 0 Å². The zero-order valence-electron chi connectivity index (χ0n) is 17.1. The molecule has 0 radical (unpaired) electrons. The molecule has 2 aliphatic rings. The van der Waals surface area contributed by atoms with Gasteiger partial charge in [-0.1, -0.05) is 12.1 Å². The first kappa shape index (κ1) is 20.0. The SMILES string of the molecule is O=C1CCC(C(=O)Cc2nc3ccc(-c4ccc5c(c4)OC(F)(F)O5)cc3s2)n2cccc21. The minimum Gasteiger partial charge on any atom is -0.395 e. The van der Waals surface area contributed by atoms with Crippen LogP contribution in [0, 0.1) is 0 Å². The summed E-state index contributed by atoms with van der Waals surface area (Å²) in [7, 11) is 0. The van der Waals surface area contributed by atoms with Gasteiger partial charge >= 0.3 is 6.29 Å². The van der Waals surface area contributed by atoms with Gasteiger partial charge in [0.15, 0.2) is 23.1 Å². The minimum atomic E-state index is -3.66. The first-order valence-electron chi connectivity index (χ1n) is 10.4. The number of rotatable bonds is 4. The van der Waals surface area contributed by atoms with Crippen molar-refractivity contribution in [2.75, 3.05) is 0 Å². The van der Waals surface area contributed by atoms with Crippen molar-refractivity contribution >= 4 is 33.1 Å². The van der Waals surface area contributed by atoms with Crippen LogP contribution in [0.2, 0.25) is 0 Å². The van der Waals surface area contributed by atoms with Gasteiger partial charge in [0, 0.05) is 12.6 Å². The molecule has 2 aromatic carbocycles. The minimum absolute atomic E-state index is 0.00122. The van der Waals surface area contributed by atoms with E-state index in [-0.39, 0.29) is 35.5 Å². The molecule has 9 heteroatoms. The number of Topliss-reactive ketones (excluding diaryl/α,β-unsaturated/α-hetero) is 2. The van der Waals surface area contributed by atoms with Crippen molar-refractivity contribution in [3.63, 3.8) is 0 Å². The number of ketones is 2. The first-order chi connectivity index (χ1) is 15.9. The molecule has 0 bridgehead atoms. The highest BCUT2D eigenvalue weighted by molar-refractivity contribution is 7.18. The number of hydrogen-bond donors (Lipinski definition) is 0. The van der Waals surface area contributed by atoms with Crippen LogP contribution in [0.5, 0.6) is 11.5 Å². The average Bonchev–Trinajstić information content (AvgIpc) is 3.48. The molecule has 1 atom stereocenters. The molecule has 33 heavy (non-hydrogen) atoms. The Hall–Kier alpha value is -3.59. The van der Waals surface area contributed by atoms with Crippen molar-refractivity contribution in [2.24, 2.45) is 0 Å². The van der Waals surface area contributed by atoms with E-state index in [4.69, 9.17) is 0 Å². The molecule has 0 amide bonds. The van der Waals surface area contributed by atoms with Crippen molar-refractivity contribution in [2.45, 2.75) is 31.6 Å². The van der Waals surface area contributed by atoms with E-state index in [2.05, 4.69) is 14.5 Å². The first-order valence-corrected chi connectivity index (χ1v) is 11.2. The van der Waals surface area contributed by atoms with Crippen molar-refractivity contribution in [1.82, 2.24) is 9.55 Å². The highest BCUT2D eigenvalue weighted by Crippen LogP contribution is 2.43. The Labute approximate surface area is 190 Å². The maximum absolute atomic E-state index is 13.3. The van der Waals surface area contributed by atoms with E-state index in [1.165, 1.54) is 23.5 Å². The van der Waals surface area contributed by atoms with Gasteiger partial charge in [0.05, 0.1) is 28.4 Å². The number of carbonyl (C=O) groups is 2. The summed E-state index contributed by atoms with van der Waals surface area (Å²) >= 11 is 1.42. The summed E-state index contributed by atoms with van der Waals surface area (Å²) < 4.78 is 38.3. The lowest BCUT2D eigenvalue weighted by atomic mass is 9.97. The van der Waals surface area contributed by atoms with Gasteiger partial charge < -0.3 is 14.0 Å². The molecule has 6 nitrogen and oxygen atoms in total. The number of carbonyl (C=O) groups excluding carboxylic acids is 2. The van der Waals surface area contributed by atoms with Crippen LogP contribution in [-0.4, -0.2) is 27.4 Å². The molecule has 0 aliphatic carbocycles. The van der Waals surface area contributed by atoms with Gasteiger partial charge in [0.2, 0.25) is 0 Å². The average molecular weight is 466 g/mol. The fourth-order valence-corrected chi connectivity index (χ4v) is 5.39. The number of hydrogen-bond acceptors (Lipinski definition) is 6. The Morgan fingerprint density at radius 1 is 1.12 bits per heavy atom. The molecule has 2 aliphatic heterocycles. The zero-order chi connectivity index (χ0) is 22.7. The largest absolute Gasteiger partial charge is 0.586 e. The second kappa shape index (κ2) is 7.21. The molecular weight excluding hydrogens is 450 g/mol. The number of fused-ring (bicyclic) bond motifs is 3. The second-order valence-electron chi connectivity index (χ2n) is 8.04. The summed E-state index contributed by atoms with van der Waals surface area (Å²) in [6.07, 6.45) is -0.829. The van der Waals surface area contributed by atoms with Crippen molar-refractivity contribution in [3.05, 3.63) is 65.4 Å². The molecule has 0 spiro atoms. The van der Waals surface area contributed by atoms with E-state index >= 15 is 0 Å². The Balaban J connectivity index is 1.25. The van der Waals surface area contributed by atoms with Gasteiger partial charge in [-0.15, -0.1) is 20.1 Å². The van der Waals surface area contributed by atoms with Crippen molar-refractivity contribution < 1.29 is 27.8 Å². The fraction of sp³-hybridized carbons (Fsp3) is 0.208.